The van der Waals surface area contributed by atoms with E-state index in [0.29, 0.717) is 9.92 Å². The smallest absolute Gasteiger partial charge is 0.322 e. The van der Waals surface area contributed by atoms with E-state index in [1.165, 1.54) is 18.2 Å². The third-order valence-electron chi connectivity index (χ3n) is 2.59. The van der Waals surface area contributed by atoms with Gasteiger partial charge in [-0.05, 0) is 30.0 Å². The van der Waals surface area contributed by atoms with Crippen LogP contribution in [0.5, 0.6) is 0 Å². The fourth-order valence-corrected chi connectivity index (χ4v) is 2.95. The van der Waals surface area contributed by atoms with E-state index in [4.69, 9.17) is 16.7 Å². The third kappa shape index (κ3) is 2.83. The number of fused-ring (bicyclic) bond motifs is 1. The van der Waals surface area contributed by atoms with E-state index in [2.05, 4.69) is 0 Å². The molecule has 0 saturated carbocycles. The number of carboxylic acids is 1. The van der Waals surface area contributed by atoms with Crippen LogP contribution in [0.2, 0.25) is 5.02 Å². The second-order valence-corrected chi connectivity index (χ2v) is 5.45. The van der Waals surface area contributed by atoms with Crippen molar-refractivity contribution in [1.82, 2.24) is 5.32 Å². The van der Waals surface area contributed by atoms with Gasteiger partial charge >= 0.3 is 5.97 Å². The Morgan fingerprint density at radius 1 is 1.35 bits per heavy atom. The molecule has 1 aliphatic heterocycles. The number of hydrogen-bond donors (Lipinski definition) is 2. The highest BCUT2D eigenvalue weighted by molar-refractivity contribution is 8.14. The molecule has 0 radical (unpaired) electrons. The lowest BCUT2D eigenvalue weighted by Gasteiger charge is -2.20. The number of aliphatic carboxylic acids is 1. The second kappa shape index (κ2) is 5.64. The molecule has 0 saturated heterocycles. The molecule has 0 fully saturated rings. The van der Waals surface area contributed by atoms with Crippen LogP contribution in [0.25, 0.3) is 0 Å². The lowest BCUT2D eigenvalue weighted by molar-refractivity contribution is -0.139. The zero-order valence-corrected chi connectivity index (χ0v) is 11.5. The first-order chi connectivity index (χ1) is 9.40. The SMILES string of the molecule is O=C(O)CNC(=O)C1C(=O)Sc2cc(Cl)ccc2C1=O. The molecule has 0 aliphatic carbocycles. The number of benzene rings is 1. The molecule has 1 aliphatic rings. The van der Waals surface area contributed by atoms with Crippen molar-refractivity contribution in [2.45, 2.75) is 4.90 Å². The van der Waals surface area contributed by atoms with Gasteiger partial charge in [-0.25, -0.2) is 0 Å². The standard InChI is InChI=1S/C12H8ClNO5S/c13-5-1-2-6-7(3-5)20-12(19)9(10(6)17)11(18)14-4-8(15)16/h1-3,9H,4H2,(H,14,18)(H,15,16). The number of rotatable bonds is 3. The molecule has 104 valence electrons. The van der Waals surface area contributed by atoms with E-state index in [-0.39, 0.29) is 5.56 Å². The zero-order valence-electron chi connectivity index (χ0n) is 9.88. The average molecular weight is 314 g/mol. The van der Waals surface area contributed by atoms with Gasteiger partial charge in [-0.1, -0.05) is 11.6 Å². The van der Waals surface area contributed by atoms with Crippen LogP contribution in [0.3, 0.4) is 0 Å². The number of carbonyl (C=O) groups is 4. The summed E-state index contributed by atoms with van der Waals surface area (Å²) in [4.78, 5) is 46.5. The minimum atomic E-state index is -1.52. The third-order valence-corrected chi connectivity index (χ3v) is 3.82. The van der Waals surface area contributed by atoms with E-state index in [1.807, 2.05) is 5.32 Å². The Labute approximate surface area is 122 Å². The first-order valence-electron chi connectivity index (χ1n) is 5.45. The predicted octanol–water partition coefficient (Wildman–Crippen LogP) is 0.972. The molecule has 0 aromatic heterocycles. The van der Waals surface area contributed by atoms with Gasteiger partial charge in [0.25, 0.3) is 0 Å². The molecule has 1 aromatic carbocycles. The molecule has 1 amide bonds. The lowest BCUT2D eigenvalue weighted by Crippen LogP contribution is -2.42. The second-order valence-electron chi connectivity index (χ2n) is 3.97. The van der Waals surface area contributed by atoms with Crippen molar-refractivity contribution in [3.63, 3.8) is 0 Å². The highest BCUT2D eigenvalue weighted by Crippen LogP contribution is 2.35. The minimum absolute atomic E-state index is 0.231. The van der Waals surface area contributed by atoms with Crippen LogP contribution in [0.15, 0.2) is 23.1 Å². The molecule has 2 rings (SSSR count). The Morgan fingerprint density at radius 3 is 2.70 bits per heavy atom. The maximum absolute atomic E-state index is 12.1. The molecule has 1 heterocycles. The number of carbonyl (C=O) groups excluding carboxylic acids is 3. The van der Waals surface area contributed by atoms with Crippen LogP contribution in [0.4, 0.5) is 0 Å². The first-order valence-corrected chi connectivity index (χ1v) is 6.64. The fraction of sp³-hybridized carbons (Fsp3) is 0.167. The summed E-state index contributed by atoms with van der Waals surface area (Å²) in [6, 6.07) is 4.40. The Hall–Kier alpha value is -1.86. The first kappa shape index (κ1) is 14.5. The highest BCUT2D eigenvalue weighted by atomic mass is 35.5. The monoisotopic (exact) mass is 313 g/mol. The molecule has 8 heteroatoms. The normalized spacial score (nSPS) is 17.6. The Bertz CT molecular complexity index is 630. The van der Waals surface area contributed by atoms with Gasteiger partial charge in [0.1, 0.15) is 6.54 Å². The van der Waals surface area contributed by atoms with Gasteiger partial charge in [-0.15, -0.1) is 0 Å². The quantitative estimate of drug-likeness (QED) is 0.807. The summed E-state index contributed by atoms with van der Waals surface area (Å²) >= 11 is 6.52. The van der Waals surface area contributed by atoms with Gasteiger partial charge in [0.15, 0.2) is 11.7 Å². The maximum Gasteiger partial charge on any atom is 0.322 e. The number of hydrogen-bond acceptors (Lipinski definition) is 5. The Kier molecular flexibility index (Phi) is 4.10. The average Bonchev–Trinajstić information content (AvgIpc) is 2.35. The summed E-state index contributed by atoms with van der Waals surface area (Å²) in [5.41, 5.74) is 0.231. The highest BCUT2D eigenvalue weighted by Gasteiger charge is 2.40. The van der Waals surface area contributed by atoms with Gasteiger partial charge in [-0.2, -0.15) is 0 Å². The van der Waals surface area contributed by atoms with Crippen molar-refractivity contribution in [1.29, 1.82) is 0 Å². The topological polar surface area (TPSA) is 101 Å². The molecule has 1 unspecified atom stereocenters. The fourth-order valence-electron chi connectivity index (χ4n) is 1.70. The predicted molar refractivity (Wildman–Crippen MR) is 70.8 cm³/mol. The van der Waals surface area contributed by atoms with E-state index in [9.17, 15) is 19.2 Å². The number of ketones is 1. The van der Waals surface area contributed by atoms with Crippen LogP contribution in [0, 0.1) is 5.92 Å². The van der Waals surface area contributed by atoms with E-state index in [0.717, 1.165) is 11.8 Å². The minimum Gasteiger partial charge on any atom is -0.480 e. The van der Waals surface area contributed by atoms with Crippen LogP contribution in [0.1, 0.15) is 10.4 Å². The van der Waals surface area contributed by atoms with Gasteiger partial charge in [0.2, 0.25) is 11.0 Å². The van der Waals surface area contributed by atoms with Crippen molar-refractivity contribution < 1.29 is 24.3 Å². The van der Waals surface area contributed by atoms with Gasteiger partial charge in [0, 0.05) is 15.5 Å². The Balaban J connectivity index is 2.27. The van der Waals surface area contributed by atoms with Gasteiger partial charge in [-0.3, -0.25) is 19.2 Å². The molecule has 0 bridgehead atoms. The van der Waals surface area contributed by atoms with Crippen molar-refractivity contribution >= 4 is 46.1 Å². The molecule has 0 spiro atoms. The largest absolute Gasteiger partial charge is 0.480 e. The summed E-state index contributed by atoms with van der Waals surface area (Å²) in [5.74, 6) is -4.33. The summed E-state index contributed by atoms with van der Waals surface area (Å²) in [6.07, 6.45) is 0. The van der Waals surface area contributed by atoms with Crippen molar-refractivity contribution in [3.8, 4) is 0 Å². The number of thioether (sulfide) groups is 1. The summed E-state index contributed by atoms with van der Waals surface area (Å²) in [5, 5.41) is 10.2. The van der Waals surface area contributed by atoms with E-state index >= 15 is 0 Å². The van der Waals surface area contributed by atoms with Crippen LogP contribution < -0.4 is 5.32 Å². The molecule has 2 N–H and O–H groups in total. The molecular weight excluding hydrogens is 306 g/mol. The molecule has 1 aromatic rings. The van der Waals surface area contributed by atoms with Gasteiger partial charge in [0.05, 0.1) is 0 Å². The lowest BCUT2D eigenvalue weighted by atomic mass is 9.97. The van der Waals surface area contributed by atoms with Gasteiger partial charge < -0.3 is 10.4 Å². The summed E-state index contributed by atoms with van der Waals surface area (Å²) in [7, 11) is 0. The Morgan fingerprint density at radius 2 is 2.05 bits per heavy atom. The molecule has 1 atom stereocenters. The van der Waals surface area contributed by atoms with E-state index < -0.39 is 35.2 Å². The van der Waals surface area contributed by atoms with Crippen molar-refractivity contribution in [2.75, 3.05) is 6.54 Å². The summed E-state index contributed by atoms with van der Waals surface area (Å²) < 4.78 is 0. The number of carboxylic acid groups (broad SMARTS) is 1. The zero-order chi connectivity index (χ0) is 14.9. The molecule has 6 nitrogen and oxygen atoms in total. The van der Waals surface area contributed by atoms with E-state index in [1.54, 1.807) is 0 Å². The number of nitrogens with one attached hydrogen (secondary N) is 1. The van der Waals surface area contributed by atoms with Crippen LogP contribution in [-0.4, -0.2) is 34.4 Å². The summed E-state index contributed by atoms with van der Waals surface area (Å²) in [6.45, 7) is -0.645. The van der Waals surface area contributed by atoms with Crippen molar-refractivity contribution in [2.24, 2.45) is 5.92 Å². The molecule has 20 heavy (non-hydrogen) atoms. The number of Topliss-reactive ketones (excluding diaryl/α,β-unsaturated/α-hetero) is 1. The van der Waals surface area contributed by atoms with Crippen LogP contribution >= 0.6 is 23.4 Å². The molecular formula is C12H8ClNO5S. The van der Waals surface area contributed by atoms with Crippen molar-refractivity contribution in [3.05, 3.63) is 28.8 Å². The number of halogens is 1. The number of amides is 1. The van der Waals surface area contributed by atoms with Crippen LogP contribution in [-0.2, 0) is 14.4 Å². The maximum atomic E-state index is 12.1.